The molecule has 0 radical (unpaired) electrons. The Kier molecular flexibility index (Phi) is 3.68. The zero-order valence-corrected chi connectivity index (χ0v) is 8.65. The van der Waals surface area contributed by atoms with Gasteiger partial charge in [-0.25, -0.2) is 4.98 Å². The van der Waals surface area contributed by atoms with Crippen molar-refractivity contribution in [2.75, 3.05) is 18.2 Å². The minimum absolute atomic E-state index is 0.217. The number of carbonyl (C=O) groups excluding carboxylic acids is 1. The molecule has 1 aromatic heterocycles. The number of nitrogen functional groups attached to an aromatic ring is 1. The molecule has 0 spiro atoms. The number of nitrogens with zero attached hydrogens (tertiary/aromatic N) is 1. The van der Waals surface area contributed by atoms with E-state index in [0.29, 0.717) is 17.3 Å². The molecule has 0 aromatic carbocycles. The highest BCUT2D eigenvalue weighted by Gasteiger charge is 2.03. The fourth-order valence-corrected chi connectivity index (χ4v) is 1.02. The summed E-state index contributed by atoms with van der Waals surface area (Å²) >= 11 is 0. The second-order valence-corrected chi connectivity index (χ2v) is 2.80. The normalized spacial score (nSPS) is 10.3. The van der Waals surface area contributed by atoms with Crippen LogP contribution in [0, 0.1) is 0 Å². The van der Waals surface area contributed by atoms with Gasteiger partial charge in [0.2, 0.25) is 5.91 Å². The molecule has 1 heterocycles. The second-order valence-electron chi connectivity index (χ2n) is 2.80. The topological polar surface area (TPSA) is 77.2 Å². The number of nitrogens with two attached hydrogens (primary N) is 1. The summed E-state index contributed by atoms with van der Waals surface area (Å²) in [6, 6.07) is 1.61. The summed E-state index contributed by atoms with van der Waals surface area (Å²) in [5, 5.41) is 2.62. The zero-order chi connectivity index (χ0) is 11.3. The molecule has 0 bridgehead atoms. The van der Waals surface area contributed by atoms with Crippen molar-refractivity contribution >= 4 is 17.4 Å². The SMILES string of the molecule is C/C=C/C(=O)Nc1cnc(N)c(OC)c1. The van der Waals surface area contributed by atoms with Crippen LogP contribution >= 0.6 is 0 Å². The molecule has 0 aliphatic rings. The first-order chi connectivity index (χ1) is 7.17. The molecule has 0 aliphatic heterocycles. The van der Waals surface area contributed by atoms with Crippen molar-refractivity contribution in [1.29, 1.82) is 0 Å². The van der Waals surface area contributed by atoms with Crippen molar-refractivity contribution < 1.29 is 9.53 Å². The molecule has 3 N–H and O–H groups in total. The molecule has 1 rings (SSSR count). The van der Waals surface area contributed by atoms with E-state index in [1.165, 1.54) is 19.4 Å². The lowest BCUT2D eigenvalue weighted by Gasteiger charge is -2.06. The maximum Gasteiger partial charge on any atom is 0.248 e. The van der Waals surface area contributed by atoms with Crippen molar-refractivity contribution in [3.63, 3.8) is 0 Å². The van der Waals surface area contributed by atoms with Gasteiger partial charge in [-0.15, -0.1) is 0 Å². The maximum atomic E-state index is 11.2. The molecule has 15 heavy (non-hydrogen) atoms. The van der Waals surface area contributed by atoms with Crippen LogP contribution in [0.2, 0.25) is 0 Å². The average molecular weight is 207 g/mol. The summed E-state index contributed by atoms with van der Waals surface area (Å²) in [7, 11) is 1.49. The smallest absolute Gasteiger partial charge is 0.248 e. The van der Waals surface area contributed by atoms with E-state index in [2.05, 4.69) is 10.3 Å². The van der Waals surface area contributed by atoms with Crippen molar-refractivity contribution in [3.05, 3.63) is 24.4 Å². The van der Waals surface area contributed by atoms with Gasteiger partial charge in [0, 0.05) is 6.07 Å². The highest BCUT2D eigenvalue weighted by molar-refractivity contribution is 5.99. The van der Waals surface area contributed by atoms with Gasteiger partial charge in [0.1, 0.15) is 0 Å². The first kappa shape index (κ1) is 11.0. The number of carbonyl (C=O) groups is 1. The van der Waals surface area contributed by atoms with E-state index in [-0.39, 0.29) is 5.91 Å². The summed E-state index contributed by atoms with van der Waals surface area (Å²) < 4.78 is 4.97. The van der Waals surface area contributed by atoms with Crippen LogP contribution in [0.15, 0.2) is 24.4 Å². The van der Waals surface area contributed by atoms with Gasteiger partial charge in [-0.2, -0.15) is 0 Å². The summed E-state index contributed by atoms with van der Waals surface area (Å²) in [6.07, 6.45) is 4.54. The minimum atomic E-state index is -0.217. The molecule has 0 unspecified atom stereocenters. The molecule has 0 saturated carbocycles. The number of anilines is 2. The van der Waals surface area contributed by atoms with Crippen molar-refractivity contribution in [1.82, 2.24) is 4.98 Å². The average Bonchev–Trinajstić information content (AvgIpc) is 2.21. The Morgan fingerprint density at radius 1 is 1.67 bits per heavy atom. The van der Waals surface area contributed by atoms with Crippen LogP contribution in [0.3, 0.4) is 0 Å². The van der Waals surface area contributed by atoms with Gasteiger partial charge >= 0.3 is 0 Å². The predicted octanol–water partition coefficient (Wildman–Crippen LogP) is 1.19. The Bertz CT molecular complexity index is 388. The monoisotopic (exact) mass is 207 g/mol. The molecule has 1 amide bonds. The summed E-state index contributed by atoms with van der Waals surface area (Å²) in [5.74, 6) is 0.515. The number of ether oxygens (including phenoxy) is 1. The molecule has 0 fully saturated rings. The number of hydrogen-bond donors (Lipinski definition) is 2. The van der Waals surface area contributed by atoms with E-state index in [4.69, 9.17) is 10.5 Å². The number of nitrogens with one attached hydrogen (secondary N) is 1. The maximum absolute atomic E-state index is 11.2. The first-order valence-electron chi connectivity index (χ1n) is 4.40. The van der Waals surface area contributed by atoms with Crippen LogP contribution in [0.1, 0.15) is 6.92 Å². The Balaban J connectivity index is 2.83. The highest BCUT2D eigenvalue weighted by atomic mass is 16.5. The Morgan fingerprint density at radius 3 is 3.00 bits per heavy atom. The van der Waals surface area contributed by atoms with Gasteiger partial charge in [0.15, 0.2) is 11.6 Å². The van der Waals surface area contributed by atoms with E-state index < -0.39 is 0 Å². The van der Waals surface area contributed by atoms with Crippen molar-refractivity contribution in [2.24, 2.45) is 0 Å². The van der Waals surface area contributed by atoms with Crippen LogP contribution < -0.4 is 15.8 Å². The van der Waals surface area contributed by atoms with E-state index in [1.54, 1.807) is 19.1 Å². The van der Waals surface area contributed by atoms with Gasteiger partial charge in [0.25, 0.3) is 0 Å². The fourth-order valence-electron chi connectivity index (χ4n) is 1.02. The van der Waals surface area contributed by atoms with E-state index in [0.717, 1.165) is 0 Å². The van der Waals surface area contributed by atoms with Crippen molar-refractivity contribution in [3.8, 4) is 5.75 Å². The lowest BCUT2D eigenvalue weighted by atomic mass is 10.3. The lowest BCUT2D eigenvalue weighted by Crippen LogP contribution is -2.08. The molecule has 5 heteroatoms. The minimum Gasteiger partial charge on any atom is -0.493 e. The highest BCUT2D eigenvalue weighted by Crippen LogP contribution is 2.21. The van der Waals surface area contributed by atoms with Gasteiger partial charge in [-0.3, -0.25) is 4.79 Å². The lowest BCUT2D eigenvalue weighted by molar-refractivity contribution is -0.111. The number of aromatic nitrogens is 1. The summed E-state index contributed by atoms with van der Waals surface area (Å²) in [6.45, 7) is 1.77. The first-order valence-corrected chi connectivity index (χ1v) is 4.40. The number of rotatable bonds is 3. The molecule has 5 nitrogen and oxygen atoms in total. The molecule has 0 saturated heterocycles. The quantitative estimate of drug-likeness (QED) is 0.730. The predicted molar refractivity (Wildman–Crippen MR) is 58.6 cm³/mol. The number of methoxy groups -OCH3 is 1. The Hall–Kier alpha value is -2.04. The number of hydrogen-bond acceptors (Lipinski definition) is 4. The van der Waals surface area contributed by atoms with Gasteiger partial charge in [-0.1, -0.05) is 6.08 Å². The van der Waals surface area contributed by atoms with Gasteiger partial charge in [0.05, 0.1) is 19.0 Å². The van der Waals surface area contributed by atoms with Gasteiger partial charge in [-0.05, 0) is 13.0 Å². The molecular formula is C10H13N3O2. The molecular weight excluding hydrogens is 194 g/mol. The largest absolute Gasteiger partial charge is 0.493 e. The summed E-state index contributed by atoms with van der Waals surface area (Å²) in [4.78, 5) is 15.1. The third kappa shape index (κ3) is 2.98. The van der Waals surface area contributed by atoms with E-state index in [9.17, 15) is 4.79 Å². The van der Waals surface area contributed by atoms with Crippen molar-refractivity contribution in [2.45, 2.75) is 6.92 Å². The van der Waals surface area contributed by atoms with Gasteiger partial charge < -0.3 is 15.8 Å². The van der Waals surface area contributed by atoms with Crippen LogP contribution in [-0.4, -0.2) is 18.0 Å². The fraction of sp³-hybridized carbons (Fsp3) is 0.200. The standard InChI is InChI=1S/C10H13N3O2/c1-3-4-9(14)13-7-5-8(15-2)10(11)12-6-7/h3-6H,1-2H3,(H2,11,12)(H,13,14)/b4-3+. The second kappa shape index (κ2) is 4.99. The molecule has 0 aliphatic carbocycles. The molecule has 0 atom stereocenters. The summed E-state index contributed by atoms with van der Waals surface area (Å²) in [5.41, 5.74) is 6.07. The Morgan fingerprint density at radius 2 is 2.40 bits per heavy atom. The number of amides is 1. The van der Waals surface area contributed by atoms with Crippen LogP contribution in [-0.2, 0) is 4.79 Å². The van der Waals surface area contributed by atoms with E-state index >= 15 is 0 Å². The van der Waals surface area contributed by atoms with E-state index in [1.807, 2.05) is 0 Å². The molecule has 80 valence electrons. The Labute approximate surface area is 88.0 Å². The van der Waals surface area contributed by atoms with Crippen LogP contribution in [0.25, 0.3) is 0 Å². The number of pyridine rings is 1. The van der Waals surface area contributed by atoms with Crippen LogP contribution in [0.5, 0.6) is 5.75 Å². The molecule has 1 aromatic rings. The zero-order valence-electron chi connectivity index (χ0n) is 8.65. The van der Waals surface area contributed by atoms with Crippen LogP contribution in [0.4, 0.5) is 11.5 Å². The number of allylic oxidation sites excluding steroid dienone is 1. The third-order valence-corrected chi connectivity index (χ3v) is 1.69. The third-order valence-electron chi connectivity index (χ3n) is 1.69.